The minimum Gasteiger partial charge on any atom is -0.368 e. The van der Waals surface area contributed by atoms with Crippen LogP contribution in [0.4, 0.5) is 23.2 Å². The number of nitrogens with zero attached hydrogens (tertiary/aromatic N) is 4. The summed E-state index contributed by atoms with van der Waals surface area (Å²) in [6.45, 7) is 3.02. The first-order chi connectivity index (χ1) is 15.6. The van der Waals surface area contributed by atoms with Gasteiger partial charge in [-0.2, -0.15) is 13.2 Å². The average Bonchev–Trinajstić information content (AvgIpc) is 3.36. The van der Waals surface area contributed by atoms with Gasteiger partial charge in [-0.3, -0.25) is 9.97 Å². The lowest BCUT2D eigenvalue weighted by molar-refractivity contribution is -0.141. The number of benzene rings is 1. The molecule has 0 unspecified atom stereocenters. The number of rotatable bonds is 3. The van der Waals surface area contributed by atoms with Gasteiger partial charge in [0.15, 0.2) is 5.82 Å². The van der Waals surface area contributed by atoms with Gasteiger partial charge in [0, 0.05) is 42.8 Å². The number of halogens is 4. The maximum Gasteiger partial charge on any atom is 0.433 e. The van der Waals surface area contributed by atoms with Crippen molar-refractivity contribution in [3.63, 3.8) is 0 Å². The Hall–Kier alpha value is -3.53. The number of imidazole rings is 1. The molecule has 1 fully saturated rings. The Bertz CT molecular complexity index is 1340. The maximum atomic E-state index is 14.3. The molecular weight excluding hydrogens is 436 g/mol. The summed E-state index contributed by atoms with van der Waals surface area (Å²) < 4.78 is 54.3. The van der Waals surface area contributed by atoms with E-state index < -0.39 is 23.2 Å². The number of nitrogens with one attached hydrogen (secondary N) is 1. The van der Waals surface area contributed by atoms with Crippen LogP contribution in [0.1, 0.15) is 19.0 Å². The molecule has 170 valence electrons. The number of alkyl halides is 3. The number of aromatic amines is 1. The summed E-state index contributed by atoms with van der Waals surface area (Å²) in [6, 6.07) is 7.11. The van der Waals surface area contributed by atoms with Crippen molar-refractivity contribution in [2.24, 2.45) is 5.73 Å². The van der Waals surface area contributed by atoms with Crippen LogP contribution in [0.25, 0.3) is 33.5 Å². The molecule has 0 bridgehead atoms. The van der Waals surface area contributed by atoms with E-state index in [-0.39, 0.29) is 5.52 Å². The molecule has 0 spiro atoms. The van der Waals surface area contributed by atoms with E-state index in [2.05, 4.69) is 19.9 Å². The van der Waals surface area contributed by atoms with Crippen LogP contribution in [-0.2, 0) is 6.18 Å². The Morgan fingerprint density at radius 3 is 2.64 bits per heavy atom. The highest BCUT2D eigenvalue weighted by molar-refractivity contribution is 5.91. The number of hydrogen-bond donors (Lipinski definition) is 2. The lowest BCUT2D eigenvalue weighted by Gasteiger charge is -2.26. The minimum atomic E-state index is -4.58. The number of nitrogens with two attached hydrogens (primary N) is 1. The molecule has 33 heavy (non-hydrogen) atoms. The Morgan fingerprint density at radius 2 is 1.94 bits per heavy atom. The third-order valence-corrected chi connectivity index (χ3v) is 5.82. The van der Waals surface area contributed by atoms with Crippen molar-refractivity contribution in [1.29, 1.82) is 0 Å². The van der Waals surface area contributed by atoms with E-state index >= 15 is 0 Å². The second-order valence-electron chi connectivity index (χ2n) is 8.56. The van der Waals surface area contributed by atoms with Crippen LogP contribution in [-0.4, -0.2) is 38.6 Å². The summed E-state index contributed by atoms with van der Waals surface area (Å²) in [5.41, 5.74) is 7.57. The van der Waals surface area contributed by atoms with Crippen molar-refractivity contribution in [3.8, 4) is 22.5 Å². The fourth-order valence-corrected chi connectivity index (χ4v) is 4.23. The molecule has 4 heterocycles. The van der Waals surface area contributed by atoms with E-state index in [1.165, 1.54) is 18.3 Å². The second-order valence-corrected chi connectivity index (χ2v) is 8.56. The number of anilines is 1. The van der Waals surface area contributed by atoms with E-state index in [0.29, 0.717) is 53.2 Å². The minimum absolute atomic E-state index is 0.178. The molecule has 1 aromatic carbocycles. The average molecular weight is 456 g/mol. The molecule has 3 N–H and O–H groups in total. The van der Waals surface area contributed by atoms with Gasteiger partial charge >= 0.3 is 6.18 Å². The van der Waals surface area contributed by atoms with Gasteiger partial charge in [0.25, 0.3) is 0 Å². The lowest BCUT2D eigenvalue weighted by Crippen LogP contribution is -2.39. The molecule has 10 heteroatoms. The van der Waals surface area contributed by atoms with E-state index in [1.807, 2.05) is 11.8 Å². The summed E-state index contributed by atoms with van der Waals surface area (Å²) in [7, 11) is 0. The first-order valence-corrected chi connectivity index (χ1v) is 10.3. The number of aromatic nitrogens is 4. The fraction of sp³-hybridized carbons (Fsp3) is 0.261. The summed E-state index contributed by atoms with van der Waals surface area (Å²) in [5, 5.41) is 0. The summed E-state index contributed by atoms with van der Waals surface area (Å²) >= 11 is 0. The first-order valence-electron chi connectivity index (χ1n) is 10.3. The molecule has 1 atom stereocenters. The van der Waals surface area contributed by atoms with Crippen molar-refractivity contribution in [1.82, 2.24) is 19.9 Å². The van der Waals surface area contributed by atoms with Gasteiger partial charge in [-0.05, 0) is 43.2 Å². The molecule has 0 radical (unpaired) electrons. The SMILES string of the molecule is C[C@]1(N)CCN(c2c(-c3ccnc(C(F)(F)F)c3)cncc2-c2nc3c(F)cccc3[nH]2)C1. The van der Waals surface area contributed by atoms with E-state index in [1.54, 1.807) is 18.3 Å². The second kappa shape index (κ2) is 7.51. The fourth-order valence-electron chi connectivity index (χ4n) is 4.23. The predicted molar refractivity (Wildman–Crippen MR) is 117 cm³/mol. The highest BCUT2D eigenvalue weighted by Gasteiger charge is 2.35. The maximum absolute atomic E-state index is 14.3. The Balaban J connectivity index is 1.73. The molecular formula is C23H20F4N6. The van der Waals surface area contributed by atoms with Gasteiger partial charge < -0.3 is 15.6 Å². The van der Waals surface area contributed by atoms with Crippen molar-refractivity contribution in [2.75, 3.05) is 18.0 Å². The zero-order valence-corrected chi connectivity index (χ0v) is 17.6. The summed E-state index contributed by atoms with van der Waals surface area (Å²) in [6.07, 6.45) is 0.340. The number of fused-ring (bicyclic) bond motifs is 1. The zero-order valence-electron chi connectivity index (χ0n) is 17.6. The normalized spacial score (nSPS) is 18.9. The molecule has 0 saturated carbocycles. The number of pyridine rings is 2. The first kappa shape index (κ1) is 21.3. The van der Waals surface area contributed by atoms with Crippen LogP contribution < -0.4 is 10.6 Å². The van der Waals surface area contributed by atoms with E-state index in [4.69, 9.17) is 5.73 Å². The molecule has 0 amide bonds. The Kier molecular flexibility index (Phi) is 4.86. The Labute approximate surface area is 186 Å². The van der Waals surface area contributed by atoms with E-state index in [0.717, 1.165) is 12.3 Å². The van der Waals surface area contributed by atoms with E-state index in [9.17, 15) is 17.6 Å². The Morgan fingerprint density at radius 1 is 1.15 bits per heavy atom. The van der Waals surface area contributed by atoms with Crippen molar-refractivity contribution in [3.05, 3.63) is 60.4 Å². The van der Waals surface area contributed by atoms with Crippen LogP contribution in [0, 0.1) is 5.82 Å². The van der Waals surface area contributed by atoms with Gasteiger partial charge in [0.2, 0.25) is 0 Å². The van der Waals surface area contributed by atoms with Gasteiger partial charge in [-0.1, -0.05) is 6.07 Å². The highest BCUT2D eigenvalue weighted by atomic mass is 19.4. The van der Waals surface area contributed by atoms with Crippen molar-refractivity contribution >= 4 is 16.7 Å². The largest absolute Gasteiger partial charge is 0.433 e. The molecule has 1 saturated heterocycles. The van der Waals surface area contributed by atoms with Gasteiger partial charge in [-0.15, -0.1) is 0 Å². The third kappa shape index (κ3) is 3.91. The van der Waals surface area contributed by atoms with Crippen molar-refractivity contribution < 1.29 is 17.6 Å². The molecule has 3 aromatic heterocycles. The molecule has 1 aliphatic heterocycles. The van der Waals surface area contributed by atoms with Crippen LogP contribution in [0.3, 0.4) is 0 Å². The molecule has 0 aliphatic carbocycles. The summed E-state index contributed by atoms with van der Waals surface area (Å²) in [4.78, 5) is 17.3. The predicted octanol–water partition coefficient (Wildman–Crippen LogP) is 4.77. The zero-order chi connectivity index (χ0) is 23.4. The van der Waals surface area contributed by atoms with Crippen LogP contribution in [0.15, 0.2) is 48.9 Å². The quantitative estimate of drug-likeness (QED) is 0.434. The lowest BCUT2D eigenvalue weighted by atomic mass is 10.0. The van der Waals surface area contributed by atoms with Gasteiger partial charge in [0.1, 0.15) is 17.0 Å². The molecule has 5 rings (SSSR count). The topological polar surface area (TPSA) is 83.7 Å². The van der Waals surface area contributed by atoms with Crippen LogP contribution >= 0.6 is 0 Å². The molecule has 1 aliphatic rings. The smallest absolute Gasteiger partial charge is 0.368 e. The van der Waals surface area contributed by atoms with Gasteiger partial charge in [-0.25, -0.2) is 9.37 Å². The monoisotopic (exact) mass is 456 g/mol. The third-order valence-electron chi connectivity index (χ3n) is 5.82. The van der Waals surface area contributed by atoms with Gasteiger partial charge in [0.05, 0.1) is 16.8 Å². The van der Waals surface area contributed by atoms with Crippen LogP contribution in [0.5, 0.6) is 0 Å². The standard InChI is InChI=1S/C23H20F4N6/c1-22(28)6-8-33(12-22)20-14(13-5-7-30-18(9-13)23(25,26)27)10-29-11-15(20)21-31-17-4-2-3-16(24)19(17)32-21/h2-5,7,9-11H,6,8,12,28H2,1H3,(H,31,32)/t22-/m0/s1. The molecule has 6 nitrogen and oxygen atoms in total. The van der Waals surface area contributed by atoms with Crippen molar-refractivity contribution in [2.45, 2.75) is 25.1 Å². The number of hydrogen-bond acceptors (Lipinski definition) is 5. The number of H-pyrrole nitrogens is 1. The summed E-state index contributed by atoms with van der Waals surface area (Å²) in [5.74, 6) is -0.101. The number of para-hydroxylation sites is 1. The molecule has 4 aromatic rings. The van der Waals surface area contributed by atoms with Crippen LogP contribution in [0.2, 0.25) is 0 Å². The highest BCUT2D eigenvalue weighted by Crippen LogP contribution is 2.42.